The van der Waals surface area contributed by atoms with Gasteiger partial charge in [0.25, 0.3) is 5.92 Å². The highest BCUT2D eigenvalue weighted by Gasteiger charge is 2.30. The van der Waals surface area contributed by atoms with E-state index in [1.807, 2.05) is 0 Å². The lowest BCUT2D eigenvalue weighted by Gasteiger charge is -2.23. The summed E-state index contributed by atoms with van der Waals surface area (Å²) in [6, 6.07) is 2.40. The van der Waals surface area contributed by atoms with E-state index in [2.05, 4.69) is 5.32 Å². The third-order valence-corrected chi connectivity index (χ3v) is 2.79. The fourth-order valence-corrected chi connectivity index (χ4v) is 1.87. The van der Waals surface area contributed by atoms with Crippen molar-refractivity contribution in [3.63, 3.8) is 0 Å². The van der Waals surface area contributed by atoms with Gasteiger partial charge in [0.05, 0.1) is 12.1 Å². The molecule has 0 aromatic heterocycles. The van der Waals surface area contributed by atoms with Crippen LogP contribution in [0.15, 0.2) is 12.1 Å². The third kappa shape index (κ3) is 2.84. The highest BCUT2D eigenvalue weighted by atomic mass is 19.3. The van der Waals surface area contributed by atoms with Gasteiger partial charge in [-0.1, -0.05) is 0 Å². The summed E-state index contributed by atoms with van der Waals surface area (Å²) < 4.78 is 37.5. The lowest BCUT2D eigenvalue weighted by molar-refractivity contribution is 0.0168. The van der Waals surface area contributed by atoms with Crippen molar-refractivity contribution < 1.29 is 23.0 Å². The zero-order chi connectivity index (χ0) is 14.0. The number of alkyl halides is 2. The summed E-state index contributed by atoms with van der Waals surface area (Å²) in [5.41, 5.74) is -0.126. The second kappa shape index (κ2) is 5.13. The molecule has 104 valence electrons. The molecule has 1 N–H and O–H groups in total. The summed E-state index contributed by atoms with van der Waals surface area (Å²) in [6.07, 6.45) is 0. The van der Waals surface area contributed by atoms with E-state index in [-0.39, 0.29) is 41.6 Å². The lowest BCUT2D eigenvalue weighted by atomic mass is 10.0. The van der Waals surface area contributed by atoms with Crippen molar-refractivity contribution in [1.82, 2.24) is 5.32 Å². The summed E-state index contributed by atoms with van der Waals surface area (Å²) in [6.45, 7) is 1.42. The number of carbonyl (C=O) groups is 1. The number of nitrogens with one attached hydrogen (secondary N) is 1. The molecule has 1 aliphatic heterocycles. The van der Waals surface area contributed by atoms with E-state index < -0.39 is 5.92 Å². The van der Waals surface area contributed by atoms with Crippen molar-refractivity contribution in [2.24, 2.45) is 0 Å². The molecule has 0 fully saturated rings. The Bertz CT molecular complexity index is 497. The smallest absolute Gasteiger partial charge is 0.270 e. The summed E-state index contributed by atoms with van der Waals surface area (Å²) in [4.78, 5) is 12.0. The van der Waals surface area contributed by atoms with Crippen molar-refractivity contribution in [3.05, 3.63) is 23.3 Å². The minimum absolute atomic E-state index is 0.0501. The van der Waals surface area contributed by atoms with E-state index in [4.69, 9.17) is 9.47 Å². The normalized spacial score (nSPS) is 14.3. The zero-order valence-corrected chi connectivity index (χ0v) is 10.8. The van der Waals surface area contributed by atoms with Crippen LogP contribution in [-0.2, 0) is 5.92 Å². The predicted octanol–water partition coefficient (Wildman–Crippen LogP) is 1.97. The van der Waals surface area contributed by atoms with Gasteiger partial charge in [-0.2, -0.15) is 0 Å². The first-order valence-electron chi connectivity index (χ1n) is 5.93. The fraction of sp³-hybridized carbons (Fsp3) is 0.462. The molecule has 0 saturated heterocycles. The number of ether oxygens (including phenoxy) is 2. The van der Waals surface area contributed by atoms with E-state index in [0.29, 0.717) is 6.61 Å². The summed E-state index contributed by atoms with van der Waals surface area (Å²) >= 11 is 0. The summed E-state index contributed by atoms with van der Waals surface area (Å²) in [5.74, 6) is -2.90. The highest BCUT2D eigenvalue weighted by Crippen LogP contribution is 2.39. The molecule has 1 aliphatic rings. The molecule has 6 heteroatoms. The topological polar surface area (TPSA) is 47.6 Å². The third-order valence-electron chi connectivity index (χ3n) is 2.79. The number of likely N-dealkylation sites (N-methyl/N-ethyl adjacent to an activating group) is 1. The molecule has 0 aliphatic carbocycles. The molecule has 0 atom stereocenters. The Labute approximate surface area is 109 Å². The van der Waals surface area contributed by atoms with E-state index >= 15 is 0 Å². The molecule has 1 heterocycles. The molecule has 1 aromatic rings. The second-order valence-corrected chi connectivity index (χ2v) is 4.39. The molecular weight excluding hydrogens is 256 g/mol. The molecule has 1 aromatic carbocycles. The van der Waals surface area contributed by atoms with Gasteiger partial charge in [-0.3, -0.25) is 4.79 Å². The quantitative estimate of drug-likeness (QED) is 0.851. The van der Waals surface area contributed by atoms with Gasteiger partial charge in [-0.05, 0) is 19.2 Å². The minimum Gasteiger partial charge on any atom is -0.486 e. The van der Waals surface area contributed by atoms with Crippen molar-refractivity contribution in [1.29, 1.82) is 0 Å². The Hall–Kier alpha value is -1.69. The van der Waals surface area contributed by atoms with Gasteiger partial charge in [0.1, 0.15) is 13.2 Å². The largest absolute Gasteiger partial charge is 0.486 e. The van der Waals surface area contributed by atoms with Crippen molar-refractivity contribution in [2.45, 2.75) is 12.8 Å². The minimum atomic E-state index is -3.04. The molecule has 0 amide bonds. The predicted molar refractivity (Wildman–Crippen MR) is 65.3 cm³/mol. The molecule has 0 spiro atoms. The van der Waals surface area contributed by atoms with Gasteiger partial charge in [-0.15, -0.1) is 0 Å². The van der Waals surface area contributed by atoms with Crippen molar-refractivity contribution >= 4 is 5.78 Å². The molecule has 19 heavy (non-hydrogen) atoms. The Kier molecular flexibility index (Phi) is 3.71. The van der Waals surface area contributed by atoms with Crippen LogP contribution in [0, 0.1) is 0 Å². The number of ketones is 1. The van der Waals surface area contributed by atoms with E-state index in [1.165, 1.54) is 12.1 Å². The Morgan fingerprint density at radius 3 is 2.68 bits per heavy atom. The maximum absolute atomic E-state index is 13.4. The van der Waals surface area contributed by atoms with Crippen LogP contribution in [0.3, 0.4) is 0 Å². The Morgan fingerprint density at radius 1 is 1.37 bits per heavy atom. The van der Waals surface area contributed by atoms with Gasteiger partial charge in [0.15, 0.2) is 17.3 Å². The fourth-order valence-electron chi connectivity index (χ4n) is 1.87. The number of Topliss-reactive ketones (excluding diaryl/α,β-unsaturated/α-hetero) is 1. The number of rotatable bonds is 4. The van der Waals surface area contributed by atoms with Crippen LogP contribution >= 0.6 is 0 Å². The lowest BCUT2D eigenvalue weighted by Crippen LogP contribution is -2.23. The zero-order valence-electron chi connectivity index (χ0n) is 10.8. The van der Waals surface area contributed by atoms with Gasteiger partial charge < -0.3 is 14.8 Å². The molecule has 0 radical (unpaired) electrons. The number of fused-ring (bicyclic) bond motifs is 1. The van der Waals surface area contributed by atoms with Crippen LogP contribution < -0.4 is 14.8 Å². The van der Waals surface area contributed by atoms with Crippen LogP contribution in [0.25, 0.3) is 0 Å². The van der Waals surface area contributed by atoms with Crippen LogP contribution in [0.4, 0.5) is 8.78 Å². The first kappa shape index (κ1) is 13.7. The molecule has 0 unspecified atom stereocenters. The van der Waals surface area contributed by atoms with Gasteiger partial charge >= 0.3 is 0 Å². The number of hydrogen-bond acceptors (Lipinski definition) is 4. The van der Waals surface area contributed by atoms with Gasteiger partial charge in [0, 0.05) is 12.5 Å². The molecular formula is C13H15F2NO3. The van der Waals surface area contributed by atoms with Crippen LogP contribution in [0.1, 0.15) is 22.8 Å². The molecule has 4 nitrogen and oxygen atoms in total. The van der Waals surface area contributed by atoms with E-state index in [9.17, 15) is 13.6 Å². The number of carbonyl (C=O) groups excluding carboxylic acids is 1. The molecule has 2 rings (SSSR count). The van der Waals surface area contributed by atoms with E-state index in [0.717, 1.165) is 6.92 Å². The number of hydrogen-bond donors (Lipinski definition) is 1. The maximum Gasteiger partial charge on any atom is 0.270 e. The van der Waals surface area contributed by atoms with Gasteiger partial charge in [-0.25, -0.2) is 8.78 Å². The summed E-state index contributed by atoms with van der Waals surface area (Å²) in [5, 5.41) is 2.70. The monoisotopic (exact) mass is 271 g/mol. The molecule has 0 bridgehead atoms. The Morgan fingerprint density at radius 2 is 2.05 bits per heavy atom. The SMILES string of the molecule is CNCC(=O)c1cc(C(C)(F)F)cc2c1OCCO2. The van der Waals surface area contributed by atoms with Gasteiger partial charge in [0.2, 0.25) is 0 Å². The van der Waals surface area contributed by atoms with Crippen molar-refractivity contribution in [2.75, 3.05) is 26.8 Å². The van der Waals surface area contributed by atoms with Crippen LogP contribution in [-0.4, -0.2) is 32.6 Å². The summed E-state index contributed by atoms with van der Waals surface area (Å²) in [7, 11) is 1.61. The first-order valence-corrected chi connectivity index (χ1v) is 5.93. The highest BCUT2D eigenvalue weighted by molar-refractivity contribution is 6.01. The standard InChI is InChI=1S/C13H15F2NO3/c1-13(14,15)8-5-9(10(17)7-16-2)12-11(6-8)18-3-4-19-12/h5-6,16H,3-4,7H2,1-2H3. The van der Waals surface area contributed by atoms with Crippen LogP contribution in [0.5, 0.6) is 11.5 Å². The average Bonchev–Trinajstić information content (AvgIpc) is 2.36. The van der Waals surface area contributed by atoms with E-state index in [1.54, 1.807) is 7.05 Å². The number of benzene rings is 1. The Balaban J connectivity index is 2.52. The van der Waals surface area contributed by atoms with Crippen molar-refractivity contribution in [3.8, 4) is 11.5 Å². The second-order valence-electron chi connectivity index (χ2n) is 4.39. The molecule has 0 saturated carbocycles. The number of halogens is 2. The maximum atomic E-state index is 13.4. The van der Waals surface area contributed by atoms with Crippen LogP contribution in [0.2, 0.25) is 0 Å². The first-order chi connectivity index (χ1) is 8.93. The average molecular weight is 271 g/mol.